The molecule has 3 heterocycles. The second-order valence-corrected chi connectivity index (χ2v) is 11.3. The van der Waals surface area contributed by atoms with Crippen molar-refractivity contribution in [1.82, 2.24) is 15.1 Å². The SMILES string of the molecule is Cc1ccc(Cl)cc1.O=C(NCC(=O)N1CCN(c2ccccc2CN2CCCC2=O)CC1)c1cc(=O)c2ccccc2o1. The number of hydrogen-bond acceptors (Lipinski definition) is 6. The topological polar surface area (TPSA) is 103 Å². The minimum absolute atomic E-state index is 0.121. The molecule has 0 spiro atoms. The Kier molecular flexibility index (Phi) is 9.96. The Morgan fingerprint density at radius 1 is 0.886 bits per heavy atom. The quantitative estimate of drug-likeness (QED) is 0.339. The minimum Gasteiger partial charge on any atom is -0.451 e. The highest BCUT2D eigenvalue weighted by Gasteiger charge is 2.25. The fourth-order valence-electron chi connectivity index (χ4n) is 5.33. The van der Waals surface area contributed by atoms with E-state index in [-0.39, 0.29) is 29.5 Å². The molecule has 2 saturated heterocycles. The van der Waals surface area contributed by atoms with Crippen LogP contribution in [0.4, 0.5) is 5.69 Å². The summed E-state index contributed by atoms with van der Waals surface area (Å²) < 4.78 is 5.54. The van der Waals surface area contributed by atoms with Crippen LogP contribution in [0.5, 0.6) is 0 Å². The molecule has 228 valence electrons. The van der Waals surface area contributed by atoms with E-state index in [2.05, 4.69) is 22.3 Å². The van der Waals surface area contributed by atoms with Crippen LogP contribution in [0.3, 0.4) is 0 Å². The Hall–Kier alpha value is -4.63. The molecule has 0 bridgehead atoms. The lowest BCUT2D eigenvalue weighted by molar-refractivity contribution is -0.130. The molecule has 44 heavy (non-hydrogen) atoms. The molecule has 2 fully saturated rings. The molecule has 9 nitrogen and oxygen atoms in total. The van der Waals surface area contributed by atoms with E-state index in [1.165, 1.54) is 5.56 Å². The van der Waals surface area contributed by atoms with Gasteiger partial charge in [0.2, 0.25) is 11.8 Å². The summed E-state index contributed by atoms with van der Waals surface area (Å²) in [4.78, 5) is 55.4. The van der Waals surface area contributed by atoms with Crippen LogP contribution >= 0.6 is 11.6 Å². The summed E-state index contributed by atoms with van der Waals surface area (Å²) in [6, 6.07) is 23.7. The minimum atomic E-state index is -0.602. The van der Waals surface area contributed by atoms with Gasteiger partial charge >= 0.3 is 0 Å². The van der Waals surface area contributed by atoms with E-state index in [1.54, 1.807) is 29.2 Å². The molecule has 6 rings (SSSR count). The molecule has 0 unspecified atom stereocenters. The number of amides is 3. The molecule has 0 atom stereocenters. The van der Waals surface area contributed by atoms with Gasteiger partial charge in [-0.2, -0.15) is 0 Å². The highest BCUT2D eigenvalue weighted by atomic mass is 35.5. The summed E-state index contributed by atoms with van der Waals surface area (Å²) in [5.41, 5.74) is 3.46. The predicted molar refractivity (Wildman–Crippen MR) is 171 cm³/mol. The number of aryl methyl sites for hydroxylation is 1. The third-order valence-corrected chi connectivity index (χ3v) is 8.02. The summed E-state index contributed by atoms with van der Waals surface area (Å²) in [5.74, 6) is -0.716. The van der Waals surface area contributed by atoms with E-state index in [0.29, 0.717) is 50.1 Å². The van der Waals surface area contributed by atoms with Gasteiger partial charge in [-0.3, -0.25) is 19.2 Å². The fraction of sp³-hybridized carbons (Fsp3) is 0.294. The standard InChI is InChI=1S/C27H28N4O5.C7H7Cl/c32-22-16-24(36-23-9-4-2-7-20(22)23)27(35)28-17-26(34)30-14-12-29(13-15-30)21-8-3-1-6-19(21)18-31-11-5-10-25(31)33;1-6-2-4-7(8)5-3-6/h1-4,6-9,16H,5,10-15,17-18H2,(H,28,35);2-5H,1H3. The zero-order chi connectivity index (χ0) is 31.1. The van der Waals surface area contributed by atoms with Gasteiger partial charge < -0.3 is 24.4 Å². The Morgan fingerprint density at radius 2 is 1.59 bits per heavy atom. The molecule has 3 aromatic carbocycles. The van der Waals surface area contributed by atoms with E-state index in [0.717, 1.165) is 35.3 Å². The second-order valence-electron chi connectivity index (χ2n) is 10.9. The maximum absolute atomic E-state index is 12.7. The molecule has 0 aliphatic carbocycles. The number of carbonyl (C=O) groups excluding carboxylic acids is 3. The van der Waals surface area contributed by atoms with Crippen LogP contribution in [0.2, 0.25) is 5.02 Å². The number of benzene rings is 3. The molecular formula is C34H35ClN4O5. The summed E-state index contributed by atoms with van der Waals surface area (Å²) in [7, 11) is 0. The number of piperazine rings is 1. The largest absolute Gasteiger partial charge is 0.451 e. The van der Waals surface area contributed by atoms with Crippen LogP contribution in [0.25, 0.3) is 11.0 Å². The molecule has 0 saturated carbocycles. The number of nitrogens with zero attached hydrogens (tertiary/aromatic N) is 3. The first-order chi connectivity index (χ1) is 21.3. The van der Waals surface area contributed by atoms with Crippen LogP contribution in [0.1, 0.15) is 34.5 Å². The fourth-order valence-corrected chi connectivity index (χ4v) is 5.46. The zero-order valence-electron chi connectivity index (χ0n) is 24.6. The van der Waals surface area contributed by atoms with E-state index in [4.69, 9.17) is 16.0 Å². The van der Waals surface area contributed by atoms with Crippen molar-refractivity contribution in [2.45, 2.75) is 26.3 Å². The molecule has 0 radical (unpaired) electrons. The number of fused-ring (bicyclic) bond motifs is 1. The Bertz CT molecular complexity index is 1680. The first-order valence-corrected chi connectivity index (χ1v) is 15.1. The summed E-state index contributed by atoms with van der Waals surface area (Å²) in [6.45, 7) is 5.62. The average Bonchev–Trinajstić information content (AvgIpc) is 3.45. The maximum atomic E-state index is 12.7. The highest BCUT2D eigenvalue weighted by Crippen LogP contribution is 2.25. The normalized spacial score (nSPS) is 14.8. The summed E-state index contributed by atoms with van der Waals surface area (Å²) in [6.07, 6.45) is 1.53. The van der Waals surface area contributed by atoms with E-state index >= 15 is 0 Å². The first-order valence-electron chi connectivity index (χ1n) is 14.7. The lowest BCUT2D eigenvalue weighted by Crippen LogP contribution is -2.51. The van der Waals surface area contributed by atoms with Crippen molar-refractivity contribution >= 4 is 46.0 Å². The molecule has 2 aliphatic heterocycles. The predicted octanol–water partition coefficient (Wildman–Crippen LogP) is 4.64. The van der Waals surface area contributed by atoms with Crippen LogP contribution in [-0.4, -0.2) is 66.8 Å². The van der Waals surface area contributed by atoms with Crippen LogP contribution in [0.15, 0.2) is 88.1 Å². The number of para-hydroxylation sites is 2. The van der Waals surface area contributed by atoms with E-state index in [1.807, 2.05) is 48.2 Å². The van der Waals surface area contributed by atoms with Crippen molar-refractivity contribution < 1.29 is 18.8 Å². The Labute approximate surface area is 261 Å². The maximum Gasteiger partial charge on any atom is 0.287 e. The smallest absolute Gasteiger partial charge is 0.287 e. The first kappa shape index (κ1) is 30.8. The molecule has 3 amide bonds. The van der Waals surface area contributed by atoms with Gasteiger partial charge in [0.05, 0.1) is 11.9 Å². The second kappa shape index (κ2) is 14.2. The van der Waals surface area contributed by atoms with Crippen LogP contribution in [0, 0.1) is 6.92 Å². The molecule has 2 aliphatic rings. The third-order valence-electron chi connectivity index (χ3n) is 7.77. The molecular weight excluding hydrogens is 580 g/mol. The van der Waals surface area contributed by atoms with Crippen molar-refractivity contribution in [1.29, 1.82) is 0 Å². The lowest BCUT2D eigenvalue weighted by Gasteiger charge is -2.37. The van der Waals surface area contributed by atoms with Gasteiger partial charge in [-0.1, -0.05) is 59.6 Å². The molecule has 10 heteroatoms. The lowest BCUT2D eigenvalue weighted by atomic mass is 10.1. The van der Waals surface area contributed by atoms with Crippen molar-refractivity contribution in [3.05, 3.63) is 111 Å². The molecule has 1 aromatic heterocycles. The highest BCUT2D eigenvalue weighted by molar-refractivity contribution is 6.30. The Balaban J connectivity index is 0.000000418. The van der Waals surface area contributed by atoms with Gasteiger partial charge in [0, 0.05) is 62.5 Å². The Morgan fingerprint density at radius 3 is 2.30 bits per heavy atom. The molecule has 4 aromatic rings. The summed E-state index contributed by atoms with van der Waals surface area (Å²) >= 11 is 5.61. The van der Waals surface area contributed by atoms with Gasteiger partial charge in [-0.25, -0.2) is 0 Å². The zero-order valence-corrected chi connectivity index (χ0v) is 25.4. The van der Waals surface area contributed by atoms with Gasteiger partial charge in [0.25, 0.3) is 5.91 Å². The van der Waals surface area contributed by atoms with Gasteiger partial charge in [0.15, 0.2) is 11.2 Å². The van der Waals surface area contributed by atoms with Crippen molar-refractivity contribution in [2.24, 2.45) is 0 Å². The number of carbonyl (C=O) groups is 3. The van der Waals surface area contributed by atoms with Gasteiger partial charge in [-0.05, 0) is 49.2 Å². The van der Waals surface area contributed by atoms with Gasteiger partial charge in [0.1, 0.15) is 5.58 Å². The number of halogens is 1. The van der Waals surface area contributed by atoms with E-state index in [9.17, 15) is 19.2 Å². The van der Waals surface area contributed by atoms with E-state index < -0.39 is 5.91 Å². The van der Waals surface area contributed by atoms with Crippen LogP contribution < -0.4 is 15.6 Å². The number of hydrogen-bond donors (Lipinski definition) is 1. The molecule has 1 N–H and O–H groups in total. The monoisotopic (exact) mass is 614 g/mol. The van der Waals surface area contributed by atoms with Crippen molar-refractivity contribution in [2.75, 3.05) is 44.2 Å². The number of nitrogens with one attached hydrogen (secondary N) is 1. The third kappa shape index (κ3) is 7.65. The average molecular weight is 615 g/mol. The number of likely N-dealkylation sites (tertiary alicyclic amines) is 1. The summed E-state index contributed by atoms with van der Waals surface area (Å²) in [5, 5.41) is 3.77. The van der Waals surface area contributed by atoms with Crippen molar-refractivity contribution in [3.63, 3.8) is 0 Å². The van der Waals surface area contributed by atoms with Gasteiger partial charge in [-0.15, -0.1) is 0 Å². The van der Waals surface area contributed by atoms with Crippen molar-refractivity contribution in [3.8, 4) is 0 Å². The number of rotatable bonds is 6. The van der Waals surface area contributed by atoms with Crippen LogP contribution in [-0.2, 0) is 16.1 Å². The number of anilines is 1.